The minimum absolute atomic E-state index is 0.0657. The minimum Gasteiger partial charge on any atom is -0.455 e. The van der Waals surface area contributed by atoms with E-state index in [1.165, 1.54) is 0 Å². The van der Waals surface area contributed by atoms with Crippen LogP contribution in [0.1, 0.15) is 28.4 Å². The van der Waals surface area contributed by atoms with Gasteiger partial charge in [0, 0.05) is 11.1 Å². The Morgan fingerprint density at radius 3 is 2.43 bits per heavy atom. The molecule has 0 heterocycles. The van der Waals surface area contributed by atoms with Crippen LogP contribution in [0, 0.1) is 0 Å². The van der Waals surface area contributed by atoms with Crippen LogP contribution in [-0.2, 0) is 12.6 Å². The number of nitrogens with two attached hydrogens (primary N) is 1. The molecule has 2 aromatic rings. The van der Waals surface area contributed by atoms with Crippen LogP contribution >= 0.6 is 11.6 Å². The molecule has 7 heteroatoms. The van der Waals surface area contributed by atoms with Crippen molar-refractivity contribution in [3.8, 4) is 11.5 Å². The van der Waals surface area contributed by atoms with Gasteiger partial charge in [-0.25, -0.2) is 0 Å². The number of primary amides is 1. The summed E-state index contributed by atoms with van der Waals surface area (Å²) in [6, 6.07) is 7.54. The van der Waals surface area contributed by atoms with E-state index in [4.69, 9.17) is 22.1 Å². The van der Waals surface area contributed by atoms with Crippen LogP contribution in [0.4, 0.5) is 13.2 Å². The average Bonchev–Trinajstić information content (AvgIpc) is 2.47. The molecule has 0 spiro atoms. The lowest BCUT2D eigenvalue weighted by molar-refractivity contribution is -0.137. The zero-order valence-electron chi connectivity index (χ0n) is 12.1. The van der Waals surface area contributed by atoms with E-state index in [2.05, 4.69) is 0 Å². The summed E-state index contributed by atoms with van der Waals surface area (Å²) < 4.78 is 43.5. The first-order chi connectivity index (χ1) is 10.7. The lowest BCUT2D eigenvalue weighted by Gasteiger charge is -2.15. The number of halogens is 4. The number of amides is 1. The second-order valence-corrected chi connectivity index (χ2v) is 5.15. The van der Waals surface area contributed by atoms with E-state index in [0.29, 0.717) is 23.3 Å². The van der Waals surface area contributed by atoms with Crippen molar-refractivity contribution in [2.24, 2.45) is 5.73 Å². The van der Waals surface area contributed by atoms with Crippen LogP contribution in [0.3, 0.4) is 0 Å². The van der Waals surface area contributed by atoms with Gasteiger partial charge in [0.25, 0.3) is 0 Å². The summed E-state index contributed by atoms with van der Waals surface area (Å²) in [4.78, 5) is 11.4. The fourth-order valence-electron chi connectivity index (χ4n) is 2.14. The largest absolute Gasteiger partial charge is 0.455 e. The first-order valence-corrected chi connectivity index (χ1v) is 7.08. The van der Waals surface area contributed by atoms with Crippen molar-refractivity contribution in [1.82, 2.24) is 0 Å². The molecule has 0 saturated heterocycles. The highest BCUT2D eigenvalue weighted by Gasteiger charge is 2.31. The van der Waals surface area contributed by atoms with Gasteiger partial charge in [0.2, 0.25) is 5.91 Å². The Kier molecular flexibility index (Phi) is 4.85. The predicted molar refractivity (Wildman–Crippen MR) is 80.9 cm³/mol. The Hall–Kier alpha value is -2.21. The second-order valence-electron chi connectivity index (χ2n) is 4.75. The number of carbonyl (C=O) groups is 1. The molecule has 2 N–H and O–H groups in total. The maximum atomic E-state index is 12.6. The van der Waals surface area contributed by atoms with Gasteiger partial charge in [0.15, 0.2) is 0 Å². The Morgan fingerprint density at radius 2 is 1.91 bits per heavy atom. The molecular formula is C16H13ClF3NO2. The van der Waals surface area contributed by atoms with Gasteiger partial charge < -0.3 is 10.5 Å². The van der Waals surface area contributed by atoms with Crippen LogP contribution < -0.4 is 10.5 Å². The van der Waals surface area contributed by atoms with Crippen LogP contribution in [0.5, 0.6) is 11.5 Å². The molecule has 0 radical (unpaired) electrons. The summed E-state index contributed by atoms with van der Waals surface area (Å²) in [5.74, 6) is -0.215. The van der Waals surface area contributed by atoms with E-state index in [0.717, 1.165) is 18.2 Å². The molecule has 1 amide bonds. The van der Waals surface area contributed by atoms with Gasteiger partial charge in [0.1, 0.15) is 11.5 Å². The third kappa shape index (κ3) is 3.76. The number of hydrogen-bond donors (Lipinski definition) is 1. The summed E-state index contributed by atoms with van der Waals surface area (Å²) in [6.07, 6.45) is -4.02. The third-order valence-electron chi connectivity index (χ3n) is 3.23. The van der Waals surface area contributed by atoms with Crippen LogP contribution in [0.2, 0.25) is 5.02 Å². The van der Waals surface area contributed by atoms with Crippen molar-refractivity contribution in [2.75, 3.05) is 0 Å². The van der Waals surface area contributed by atoms with Gasteiger partial charge >= 0.3 is 6.18 Å². The van der Waals surface area contributed by atoms with Gasteiger partial charge in [-0.3, -0.25) is 4.79 Å². The lowest BCUT2D eigenvalue weighted by Crippen LogP contribution is -2.14. The maximum absolute atomic E-state index is 12.6. The van der Waals surface area contributed by atoms with E-state index in [1.54, 1.807) is 18.2 Å². The summed E-state index contributed by atoms with van der Waals surface area (Å²) in [5, 5.41) is -0.175. The standard InChI is InChI=1S/C16H13ClF3NO2/c1-2-10-11(15(21)22)4-3-5-13(10)23-14-7-6-9(8-12(14)17)16(18,19)20/h3-8H,2H2,1H3,(H2,21,22). The number of rotatable bonds is 4. The molecule has 122 valence electrons. The molecule has 0 aromatic heterocycles. The monoisotopic (exact) mass is 343 g/mol. The highest BCUT2D eigenvalue weighted by atomic mass is 35.5. The van der Waals surface area contributed by atoms with Gasteiger partial charge in [0.05, 0.1) is 10.6 Å². The van der Waals surface area contributed by atoms with Crippen molar-refractivity contribution >= 4 is 17.5 Å². The Labute approximate surface area is 135 Å². The Bertz CT molecular complexity index is 745. The zero-order valence-corrected chi connectivity index (χ0v) is 12.8. The number of hydrogen-bond acceptors (Lipinski definition) is 2. The van der Waals surface area contributed by atoms with Crippen molar-refractivity contribution in [1.29, 1.82) is 0 Å². The molecule has 23 heavy (non-hydrogen) atoms. The van der Waals surface area contributed by atoms with E-state index in [-0.39, 0.29) is 10.8 Å². The highest BCUT2D eigenvalue weighted by Crippen LogP contribution is 2.37. The first-order valence-electron chi connectivity index (χ1n) is 6.70. The number of carbonyl (C=O) groups excluding carboxylic acids is 1. The molecule has 3 nitrogen and oxygen atoms in total. The minimum atomic E-state index is -4.48. The molecule has 0 atom stereocenters. The molecule has 0 unspecified atom stereocenters. The highest BCUT2D eigenvalue weighted by molar-refractivity contribution is 6.32. The molecule has 0 saturated carbocycles. The molecule has 0 fully saturated rings. The summed E-state index contributed by atoms with van der Waals surface area (Å²) >= 11 is 5.87. The van der Waals surface area contributed by atoms with E-state index in [1.807, 2.05) is 6.92 Å². The van der Waals surface area contributed by atoms with Crippen molar-refractivity contribution in [3.05, 3.63) is 58.1 Å². The van der Waals surface area contributed by atoms with Crippen molar-refractivity contribution < 1.29 is 22.7 Å². The van der Waals surface area contributed by atoms with Crippen LogP contribution in [-0.4, -0.2) is 5.91 Å². The lowest BCUT2D eigenvalue weighted by atomic mass is 10.0. The number of benzene rings is 2. The fourth-order valence-corrected chi connectivity index (χ4v) is 2.35. The van der Waals surface area contributed by atoms with E-state index < -0.39 is 17.6 Å². The number of alkyl halides is 3. The molecule has 2 rings (SSSR count). The zero-order chi connectivity index (χ0) is 17.2. The average molecular weight is 344 g/mol. The van der Waals surface area contributed by atoms with Gasteiger partial charge in [-0.1, -0.05) is 24.6 Å². The normalized spacial score (nSPS) is 11.3. The van der Waals surface area contributed by atoms with Gasteiger partial charge in [-0.15, -0.1) is 0 Å². The Morgan fingerprint density at radius 1 is 1.22 bits per heavy atom. The summed E-state index contributed by atoms with van der Waals surface area (Å²) in [6.45, 7) is 1.81. The Balaban J connectivity index is 2.40. The molecular weight excluding hydrogens is 331 g/mol. The van der Waals surface area contributed by atoms with Crippen molar-refractivity contribution in [2.45, 2.75) is 19.5 Å². The van der Waals surface area contributed by atoms with Crippen LogP contribution in [0.25, 0.3) is 0 Å². The molecule has 0 bridgehead atoms. The smallest absolute Gasteiger partial charge is 0.416 e. The summed E-state index contributed by atoms with van der Waals surface area (Å²) in [5.41, 5.74) is 5.30. The van der Waals surface area contributed by atoms with E-state index >= 15 is 0 Å². The summed E-state index contributed by atoms with van der Waals surface area (Å²) in [7, 11) is 0. The quantitative estimate of drug-likeness (QED) is 0.865. The first kappa shape index (κ1) is 17.1. The molecule has 0 aliphatic carbocycles. The van der Waals surface area contributed by atoms with E-state index in [9.17, 15) is 18.0 Å². The van der Waals surface area contributed by atoms with Gasteiger partial charge in [-0.05, 0) is 36.8 Å². The SMILES string of the molecule is CCc1c(Oc2ccc(C(F)(F)F)cc2Cl)cccc1C(N)=O. The molecule has 0 aliphatic rings. The topological polar surface area (TPSA) is 52.3 Å². The van der Waals surface area contributed by atoms with Crippen molar-refractivity contribution in [3.63, 3.8) is 0 Å². The number of ether oxygens (including phenoxy) is 1. The van der Waals surface area contributed by atoms with Crippen LogP contribution in [0.15, 0.2) is 36.4 Å². The molecule has 0 aliphatic heterocycles. The predicted octanol–water partition coefficient (Wildman–Crippen LogP) is 4.81. The van der Waals surface area contributed by atoms with Gasteiger partial charge in [-0.2, -0.15) is 13.2 Å². The molecule has 2 aromatic carbocycles. The fraction of sp³-hybridized carbons (Fsp3) is 0.188. The second kappa shape index (κ2) is 6.50. The maximum Gasteiger partial charge on any atom is 0.416 e. The third-order valence-corrected chi connectivity index (χ3v) is 3.53.